The van der Waals surface area contributed by atoms with Crippen LogP contribution in [0.15, 0.2) is 60.8 Å². The van der Waals surface area contributed by atoms with Crippen LogP contribution in [0.5, 0.6) is 0 Å². The van der Waals surface area contributed by atoms with Crippen LogP contribution in [0.4, 0.5) is 13.2 Å². The van der Waals surface area contributed by atoms with Crippen molar-refractivity contribution in [2.24, 2.45) is 0 Å². The summed E-state index contributed by atoms with van der Waals surface area (Å²) in [5.74, 6) is 0. The van der Waals surface area contributed by atoms with E-state index < -0.39 is 11.7 Å². The highest BCUT2D eigenvalue weighted by molar-refractivity contribution is 5.35. The van der Waals surface area contributed by atoms with Crippen molar-refractivity contribution in [1.82, 2.24) is 15.1 Å². The van der Waals surface area contributed by atoms with Gasteiger partial charge in [-0.25, -0.2) is 4.68 Å². The number of halogens is 3. The Morgan fingerprint density at radius 3 is 2.30 bits per heavy atom. The molecule has 0 amide bonds. The summed E-state index contributed by atoms with van der Waals surface area (Å²) in [6, 6.07) is 15.3. The normalized spacial score (nSPS) is 14.1. The first kappa shape index (κ1) is 19.2. The van der Waals surface area contributed by atoms with Gasteiger partial charge in [0.1, 0.15) is 0 Å². The molecule has 6 heteroatoms. The summed E-state index contributed by atoms with van der Waals surface area (Å²) in [7, 11) is 0. The Bertz CT molecular complexity index is 898. The topological polar surface area (TPSA) is 29.9 Å². The van der Waals surface area contributed by atoms with Crippen LogP contribution in [-0.4, -0.2) is 9.78 Å². The molecule has 0 aliphatic heterocycles. The molecule has 0 bridgehead atoms. The van der Waals surface area contributed by atoms with Crippen LogP contribution in [0.2, 0.25) is 0 Å². The van der Waals surface area contributed by atoms with Crippen molar-refractivity contribution in [3.05, 3.63) is 83.2 Å². The van der Waals surface area contributed by atoms with Gasteiger partial charge in [0.05, 0.1) is 16.9 Å². The van der Waals surface area contributed by atoms with Crippen LogP contribution >= 0.6 is 0 Å². The van der Waals surface area contributed by atoms with Crippen molar-refractivity contribution in [2.45, 2.75) is 39.0 Å². The smallest absolute Gasteiger partial charge is 0.302 e. The SMILES string of the molecule is Cc1cccc([C@@H](C)NC(C)c2ccn(-c3ccc(C(F)(F)F)cc3)n2)c1. The van der Waals surface area contributed by atoms with Gasteiger partial charge in [0.15, 0.2) is 0 Å². The van der Waals surface area contributed by atoms with E-state index in [4.69, 9.17) is 0 Å². The number of nitrogens with zero attached hydrogens (tertiary/aromatic N) is 2. The van der Waals surface area contributed by atoms with Gasteiger partial charge in [-0.2, -0.15) is 18.3 Å². The maximum atomic E-state index is 12.7. The molecule has 3 rings (SSSR count). The fraction of sp³-hybridized carbons (Fsp3) is 0.286. The second kappa shape index (κ2) is 7.56. The van der Waals surface area contributed by atoms with E-state index >= 15 is 0 Å². The highest BCUT2D eigenvalue weighted by Crippen LogP contribution is 2.29. The number of hydrogen-bond donors (Lipinski definition) is 1. The van der Waals surface area contributed by atoms with Crippen molar-refractivity contribution < 1.29 is 13.2 Å². The zero-order valence-electron chi connectivity index (χ0n) is 15.5. The largest absolute Gasteiger partial charge is 0.416 e. The molecule has 1 N–H and O–H groups in total. The Labute approximate surface area is 156 Å². The minimum atomic E-state index is -4.34. The van der Waals surface area contributed by atoms with Crippen molar-refractivity contribution in [1.29, 1.82) is 0 Å². The molecule has 0 radical (unpaired) electrons. The molecule has 0 aliphatic carbocycles. The van der Waals surface area contributed by atoms with Gasteiger partial charge in [-0.15, -0.1) is 0 Å². The standard InChI is InChI=1S/C21H22F3N3/c1-14-5-4-6-17(13-14)15(2)25-16(3)20-11-12-27(26-20)19-9-7-18(8-10-19)21(22,23)24/h4-13,15-16,25H,1-3H3/t15-,16?/m1/s1. The van der Waals surface area contributed by atoms with E-state index in [0.29, 0.717) is 5.69 Å². The fourth-order valence-corrected chi connectivity index (χ4v) is 3.01. The van der Waals surface area contributed by atoms with Crippen LogP contribution < -0.4 is 5.32 Å². The zero-order valence-corrected chi connectivity index (χ0v) is 15.5. The number of rotatable bonds is 5. The predicted molar refractivity (Wildman–Crippen MR) is 99.7 cm³/mol. The molecule has 0 aliphatic rings. The Kier molecular flexibility index (Phi) is 5.37. The third-order valence-electron chi connectivity index (χ3n) is 4.55. The minimum absolute atomic E-state index is 0.00351. The molecule has 0 saturated heterocycles. The van der Waals surface area contributed by atoms with Gasteiger partial charge in [-0.1, -0.05) is 29.8 Å². The maximum Gasteiger partial charge on any atom is 0.416 e. The van der Waals surface area contributed by atoms with Gasteiger partial charge in [0, 0.05) is 18.3 Å². The second-order valence-corrected chi connectivity index (χ2v) is 6.75. The lowest BCUT2D eigenvalue weighted by Gasteiger charge is -2.19. The molecule has 3 nitrogen and oxygen atoms in total. The summed E-state index contributed by atoms with van der Waals surface area (Å²) in [4.78, 5) is 0. The number of alkyl halides is 3. The maximum absolute atomic E-state index is 12.7. The van der Waals surface area contributed by atoms with Crippen LogP contribution in [0.25, 0.3) is 5.69 Å². The number of aryl methyl sites for hydroxylation is 1. The molecule has 3 aromatic rings. The predicted octanol–water partition coefficient (Wildman–Crippen LogP) is 5.61. The Morgan fingerprint density at radius 1 is 0.963 bits per heavy atom. The van der Waals surface area contributed by atoms with E-state index in [-0.39, 0.29) is 12.1 Å². The van der Waals surface area contributed by atoms with Gasteiger partial charge >= 0.3 is 6.18 Å². The molecule has 142 valence electrons. The number of aromatic nitrogens is 2. The molecule has 2 atom stereocenters. The summed E-state index contributed by atoms with van der Waals surface area (Å²) < 4.78 is 39.7. The molecule has 1 aromatic heterocycles. The molecule has 0 saturated carbocycles. The van der Waals surface area contributed by atoms with Crippen LogP contribution in [-0.2, 0) is 6.18 Å². The van der Waals surface area contributed by atoms with E-state index in [1.165, 1.54) is 23.3 Å². The number of nitrogens with one attached hydrogen (secondary N) is 1. The monoisotopic (exact) mass is 373 g/mol. The van der Waals surface area contributed by atoms with Crippen LogP contribution in [0.3, 0.4) is 0 Å². The summed E-state index contributed by atoms with van der Waals surface area (Å²) in [5.41, 5.74) is 3.16. The van der Waals surface area contributed by atoms with Crippen molar-refractivity contribution in [3.63, 3.8) is 0 Å². The molecule has 0 fully saturated rings. The third-order valence-corrected chi connectivity index (χ3v) is 4.55. The van der Waals surface area contributed by atoms with Crippen LogP contribution in [0.1, 0.15) is 48.3 Å². The Hall–Kier alpha value is -2.60. The quantitative estimate of drug-likeness (QED) is 0.630. The average Bonchev–Trinajstić information content (AvgIpc) is 3.11. The second-order valence-electron chi connectivity index (χ2n) is 6.75. The van der Waals surface area contributed by atoms with E-state index in [0.717, 1.165) is 17.8 Å². The van der Waals surface area contributed by atoms with Gasteiger partial charge in [0.2, 0.25) is 0 Å². The summed E-state index contributed by atoms with van der Waals surface area (Å²) in [5, 5.41) is 8.02. The van der Waals surface area contributed by atoms with Gasteiger partial charge < -0.3 is 5.32 Å². The minimum Gasteiger partial charge on any atom is -0.302 e. The Morgan fingerprint density at radius 2 is 1.67 bits per heavy atom. The van der Waals surface area contributed by atoms with Gasteiger partial charge in [-0.3, -0.25) is 0 Å². The summed E-state index contributed by atoms with van der Waals surface area (Å²) in [6.45, 7) is 6.18. The number of hydrogen-bond acceptors (Lipinski definition) is 2. The van der Waals surface area contributed by atoms with E-state index in [2.05, 4.69) is 42.5 Å². The van der Waals surface area contributed by atoms with Gasteiger partial charge in [-0.05, 0) is 56.7 Å². The molecular formula is C21H22F3N3. The zero-order chi connectivity index (χ0) is 19.6. The molecule has 2 aromatic carbocycles. The van der Waals surface area contributed by atoms with Crippen molar-refractivity contribution >= 4 is 0 Å². The number of benzene rings is 2. The molecule has 1 unspecified atom stereocenters. The van der Waals surface area contributed by atoms with Crippen LogP contribution in [0, 0.1) is 6.92 Å². The van der Waals surface area contributed by atoms with E-state index in [1.807, 2.05) is 19.1 Å². The van der Waals surface area contributed by atoms with E-state index in [1.54, 1.807) is 10.9 Å². The highest BCUT2D eigenvalue weighted by atomic mass is 19.4. The Balaban J connectivity index is 1.71. The van der Waals surface area contributed by atoms with Crippen molar-refractivity contribution in [2.75, 3.05) is 0 Å². The fourth-order valence-electron chi connectivity index (χ4n) is 3.01. The highest BCUT2D eigenvalue weighted by Gasteiger charge is 2.30. The van der Waals surface area contributed by atoms with E-state index in [9.17, 15) is 13.2 Å². The molecular weight excluding hydrogens is 351 g/mol. The lowest BCUT2D eigenvalue weighted by Crippen LogP contribution is -2.23. The lowest BCUT2D eigenvalue weighted by molar-refractivity contribution is -0.137. The first-order valence-electron chi connectivity index (χ1n) is 8.80. The molecule has 1 heterocycles. The first-order valence-corrected chi connectivity index (χ1v) is 8.80. The third kappa shape index (κ3) is 4.57. The first-order chi connectivity index (χ1) is 12.7. The molecule has 27 heavy (non-hydrogen) atoms. The van der Waals surface area contributed by atoms with Gasteiger partial charge in [0.25, 0.3) is 0 Å². The molecule has 0 spiro atoms. The summed E-state index contributed by atoms with van der Waals surface area (Å²) in [6.07, 6.45) is -2.58. The average molecular weight is 373 g/mol. The van der Waals surface area contributed by atoms with Crippen molar-refractivity contribution in [3.8, 4) is 5.69 Å². The lowest BCUT2D eigenvalue weighted by atomic mass is 10.0. The summed E-state index contributed by atoms with van der Waals surface area (Å²) >= 11 is 0.